The molecule has 2 aliphatic rings. The van der Waals surface area contributed by atoms with Crippen LogP contribution in [0.3, 0.4) is 0 Å². The number of Topliss-reactive ketones (excluding diaryl/α,β-unsaturated/α-hetero) is 3. The van der Waals surface area contributed by atoms with E-state index in [1.807, 2.05) is 13.8 Å². The van der Waals surface area contributed by atoms with Crippen LogP contribution in [-0.4, -0.2) is 85.3 Å². The van der Waals surface area contributed by atoms with Crippen LogP contribution >= 0.6 is 11.3 Å². The van der Waals surface area contributed by atoms with Gasteiger partial charge in [-0.3, -0.25) is 19.2 Å². The number of hydrogen-bond donors (Lipinski definition) is 2. The second kappa shape index (κ2) is 15.2. The van der Waals surface area contributed by atoms with Gasteiger partial charge in [0.1, 0.15) is 12.4 Å². The van der Waals surface area contributed by atoms with E-state index in [1.165, 1.54) is 11.3 Å². The van der Waals surface area contributed by atoms with Gasteiger partial charge in [0.05, 0.1) is 25.1 Å². The summed E-state index contributed by atoms with van der Waals surface area (Å²) in [5.41, 5.74) is 5.84. The lowest BCUT2D eigenvalue weighted by atomic mass is 9.87. The fourth-order valence-corrected chi connectivity index (χ4v) is 6.13. The molecular weight excluding hydrogens is 537 g/mol. The number of nitrogens with one attached hydrogen (secondary N) is 1. The quantitative estimate of drug-likeness (QED) is 0.224. The Labute approximate surface area is 239 Å². The summed E-state index contributed by atoms with van der Waals surface area (Å²) in [6, 6.07) is -0.673. The maximum atomic E-state index is 13.7. The lowest BCUT2D eigenvalue weighted by Crippen LogP contribution is -2.45. The number of ketones is 3. The standard InChI is InChI=1S/C28H42FN5O5S/c1-18(2)21(15-24(35)22-17-40-28(32-22)33-10-12-39-13-11-33)27(38)34-9-5-7-23(34)25(36)14-20(26(37)16-29)6-4-8-31-19(3)30/h17-18,20-21,23,31H,3-16,30H2,1-2H3/t20-,21+,23+/m1/s1. The lowest BCUT2D eigenvalue weighted by Gasteiger charge is -2.30. The summed E-state index contributed by atoms with van der Waals surface area (Å²) in [5, 5.41) is 5.36. The number of halogens is 1. The van der Waals surface area contributed by atoms with E-state index in [2.05, 4.69) is 21.8 Å². The van der Waals surface area contributed by atoms with E-state index < -0.39 is 30.3 Å². The van der Waals surface area contributed by atoms with Gasteiger partial charge in [-0.25, -0.2) is 9.37 Å². The van der Waals surface area contributed by atoms with Gasteiger partial charge < -0.3 is 25.6 Å². The molecule has 0 aromatic carbocycles. The Kier molecular flexibility index (Phi) is 12.1. The number of rotatable bonds is 16. The minimum Gasteiger partial charge on any atom is -0.386 e. The first kappa shape index (κ1) is 31.7. The van der Waals surface area contributed by atoms with E-state index in [0.717, 1.165) is 18.2 Å². The molecule has 1 aromatic heterocycles. The molecule has 0 aliphatic carbocycles. The smallest absolute Gasteiger partial charge is 0.227 e. The zero-order valence-electron chi connectivity index (χ0n) is 23.5. The first-order valence-electron chi connectivity index (χ1n) is 14.0. The van der Waals surface area contributed by atoms with Crippen LogP contribution in [0.15, 0.2) is 17.8 Å². The molecular formula is C28H42FN5O5S. The van der Waals surface area contributed by atoms with Gasteiger partial charge in [-0.05, 0) is 31.6 Å². The number of aromatic nitrogens is 1. The molecule has 3 N–H and O–H groups in total. The summed E-state index contributed by atoms with van der Waals surface area (Å²) in [6.45, 7) is 9.75. The fourth-order valence-electron chi connectivity index (χ4n) is 5.25. The number of hydrogen-bond acceptors (Lipinski definition) is 10. The van der Waals surface area contributed by atoms with Gasteiger partial charge in [0.15, 0.2) is 22.5 Å². The molecule has 3 atom stereocenters. The van der Waals surface area contributed by atoms with Gasteiger partial charge >= 0.3 is 0 Å². The molecule has 0 bridgehead atoms. The van der Waals surface area contributed by atoms with Crippen LogP contribution in [0.2, 0.25) is 0 Å². The Morgan fingerprint density at radius 3 is 2.60 bits per heavy atom. The molecule has 0 unspecified atom stereocenters. The molecule has 10 nitrogen and oxygen atoms in total. The Balaban J connectivity index is 1.64. The normalized spacial score (nSPS) is 18.9. The van der Waals surface area contributed by atoms with E-state index >= 15 is 0 Å². The van der Waals surface area contributed by atoms with Crippen LogP contribution in [0.25, 0.3) is 0 Å². The van der Waals surface area contributed by atoms with Gasteiger partial charge in [0.2, 0.25) is 5.91 Å². The molecule has 0 radical (unpaired) electrons. The maximum absolute atomic E-state index is 13.7. The van der Waals surface area contributed by atoms with Crippen molar-refractivity contribution in [3.63, 3.8) is 0 Å². The van der Waals surface area contributed by atoms with Crippen LogP contribution in [0, 0.1) is 17.8 Å². The van der Waals surface area contributed by atoms with Crippen molar-refractivity contribution >= 4 is 39.7 Å². The van der Waals surface area contributed by atoms with Crippen molar-refractivity contribution in [2.45, 2.75) is 58.4 Å². The topological polar surface area (TPSA) is 135 Å². The molecule has 3 rings (SSSR count). The second-order valence-corrected chi connectivity index (χ2v) is 11.7. The highest BCUT2D eigenvalue weighted by Crippen LogP contribution is 2.29. The zero-order chi connectivity index (χ0) is 29.2. The number of anilines is 1. The molecule has 12 heteroatoms. The minimum absolute atomic E-state index is 0.00257. The van der Waals surface area contributed by atoms with E-state index in [9.17, 15) is 23.6 Å². The van der Waals surface area contributed by atoms with Crippen LogP contribution < -0.4 is 16.0 Å². The average Bonchev–Trinajstić information content (AvgIpc) is 3.63. The molecule has 2 fully saturated rings. The van der Waals surface area contributed by atoms with Gasteiger partial charge in [0, 0.05) is 56.2 Å². The molecule has 0 spiro atoms. The van der Waals surface area contributed by atoms with Crippen molar-refractivity contribution < 1.29 is 28.3 Å². The van der Waals surface area contributed by atoms with Gasteiger partial charge in [-0.1, -0.05) is 20.4 Å². The zero-order valence-corrected chi connectivity index (χ0v) is 24.3. The first-order chi connectivity index (χ1) is 19.1. The van der Waals surface area contributed by atoms with Crippen molar-refractivity contribution in [3.8, 4) is 0 Å². The first-order valence-corrected chi connectivity index (χ1v) is 14.9. The number of nitrogens with zero attached hydrogens (tertiary/aromatic N) is 3. The number of alkyl halides is 1. The molecule has 222 valence electrons. The molecule has 3 heterocycles. The average molecular weight is 580 g/mol. The molecule has 0 saturated carbocycles. The van der Waals surface area contributed by atoms with Crippen molar-refractivity contribution in [2.75, 3.05) is 51.0 Å². The van der Waals surface area contributed by atoms with E-state index in [-0.39, 0.29) is 36.2 Å². The number of thiazole rings is 1. The third-order valence-corrected chi connectivity index (χ3v) is 8.51. The number of carbonyl (C=O) groups is 4. The number of morpholine rings is 1. The van der Waals surface area contributed by atoms with Crippen molar-refractivity contribution in [1.29, 1.82) is 0 Å². The summed E-state index contributed by atoms with van der Waals surface area (Å²) >= 11 is 1.41. The largest absolute Gasteiger partial charge is 0.386 e. The monoisotopic (exact) mass is 579 g/mol. The Hall–Kier alpha value is -2.86. The number of nitrogens with two attached hydrogens (primary N) is 1. The summed E-state index contributed by atoms with van der Waals surface area (Å²) in [6.07, 6.45) is 1.88. The van der Waals surface area contributed by atoms with E-state index in [0.29, 0.717) is 63.5 Å². The molecule has 40 heavy (non-hydrogen) atoms. The fraction of sp³-hybridized carbons (Fsp3) is 0.679. The summed E-state index contributed by atoms with van der Waals surface area (Å²) < 4.78 is 18.6. The second-order valence-electron chi connectivity index (χ2n) is 10.8. The Bertz CT molecular complexity index is 1060. The lowest BCUT2D eigenvalue weighted by molar-refractivity contribution is -0.142. The van der Waals surface area contributed by atoms with E-state index in [4.69, 9.17) is 10.5 Å². The summed E-state index contributed by atoms with van der Waals surface area (Å²) in [5.74, 6) is -2.47. The highest BCUT2D eigenvalue weighted by atomic mass is 32.1. The number of amides is 1. The van der Waals surface area contributed by atoms with E-state index in [1.54, 1.807) is 10.3 Å². The minimum atomic E-state index is -1.14. The Morgan fingerprint density at radius 1 is 1.23 bits per heavy atom. The number of ether oxygens (including phenoxy) is 1. The summed E-state index contributed by atoms with van der Waals surface area (Å²) in [4.78, 5) is 60.6. The predicted molar refractivity (Wildman–Crippen MR) is 152 cm³/mol. The Morgan fingerprint density at radius 2 is 1.95 bits per heavy atom. The van der Waals surface area contributed by atoms with Gasteiger partial charge in [-0.2, -0.15) is 0 Å². The SMILES string of the molecule is C=C(N)NCCC[C@H](CC(=O)[C@@H]1CCCN1C(=O)[C@@H](CC(=O)c1csc(N2CCOCC2)n1)C(C)C)C(=O)CF. The molecule has 1 aromatic rings. The third kappa shape index (κ3) is 8.57. The summed E-state index contributed by atoms with van der Waals surface area (Å²) in [7, 11) is 0. The predicted octanol–water partition coefficient (Wildman–Crippen LogP) is 2.73. The van der Waals surface area contributed by atoms with Crippen molar-refractivity contribution in [2.24, 2.45) is 23.5 Å². The van der Waals surface area contributed by atoms with Gasteiger partial charge in [0.25, 0.3) is 0 Å². The van der Waals surface area contributed by atoms with Crippen molar-refractivity contribution in [3.05, 3.63) is 23.5 Å². The van der Waals surface area contributed by atoms with Crippen LogP contribution in [0.1, 0.15) is 62.9 Å². The van der Waals surface area contributed by atoms with Crippen LogP contribution in [-0.2, 0) is 19.1 Å². The van der Waals surface area contributed by atoms with Crippen molar-refractivity contribution in [1.82, 2.24) is 15.2 Å². The van der Waals surface area contributed by atoms with Crippen LogP contribution in [0.5, 0.6) is 0 Å². The number of likely N-dealkylation sites (tertiary alicyclic amines) is 1. The molecule has 1 amide bonds. The molecule has 2 aliphatic heterocycles. The van der Waals surface area contributed by atoms with Crippen LogP contribution in [0.4, 0.5) is 9.52 Å². The highest BCUT2D eigenvalue weighted by molar-refractivity contribution is 7.13. The third-order valence-electron chi connectivity index (χ3n) is 7.61. The maximum Gasteiger partial charge on any atom is 0.227 e. The number of carbonyl (C=O) groups excluding carboxylic acids is 4. The van der Waals surface area contributed by atoms with Gasteiger partial charge in [-0.15, -0.1) is 11.3 Å². The molecule has 2 saturated heterocycles. The highest BCUT2D eigenvalue weighted by Gasteiger charge is 2.39.